The molecule has 3 rings (SSSR count). The van der Waals surface area contributed by atoms with Gasteiger partial charge in [-0.25, -0.2) is 0 Å². The number of hydrogen-bond donors (Lipinski definition) is 0. The average molecular weight is 361 g/mol. The van der Waals surface area contributed by atoms with E-state index in [4.69, 9.17) is 0 Å². The van der Waals surface area contributed by atoms with Gasteiger partial charge in [-0.3, -0.25) is 4.98 Å². The molecule has 2 nitrogen and oxygen atoms in total. The van der Waals surface area contributed by atoms with Crippen molar-refractivity contribution in [2.24, 2.45) is 0 Å². The summed E-state index contributed by atoms with van der Waals surface area (Å²) < 4.78 is 2.57. The molecule has 2 heterocycles. The van der Waals surface area contributed by atoms with Crippen LogP contribution in [0.25, 0.3) is 10.9 Å². The summed E-state index contributed by atoms with van der Waals surface area (Å²) in [4.78, 5) is 4.50. The van der Waals surface area contributed by atoms with Gasteiger partial charge in [0, 0.05) is 41.0 Å². The third kappa shape index (κ3) is 4.16. The lowest BCUT2D eigenvalue weighted by Gasteiger charge is -2.17. The number of aromatic nitrogens is 2. The van der Waals surface area contributed by atoms with Gasteiger partial charge in [-0.1, -0.05) is 50.1 Å². The second-order valence-electron chi connectivity index (χ2n) is 7.71. The molecular formula is C25H32N2. The molecule has 0 spiro atoms. The monoisotopic (exact) mass is 360 g/mol. The summed E-state index contributed by atoms with van der Waals surface area (Å²) in [5.74, 6) is 0.431. The van der Waals surface area contributed by atoms with E-state index in [1.54, 1.807) is 0 Å². The first-order valence-corrected chi connectivity index (χ1v) is 10.2. The number of aryl methyl sites for hydroxylation is 2. The summed E-state index contributed by atoms with van der Waals surface area (Å²) >= 11 is 0. The Bertz CT molecular complexity index is 929. The SMILES string of the molecule is C/C=C\Cc1c(CCC)n(CC(C)c2ccc(C)nc2)c2ccc(C)cc12. The van der Waals surface area contributed by atoms with E-state index in [9.17, 15) is 0 Å². The molecule has 27 heavy (non-hydrogen) atoms. The minimum Gasteiger partial charge on any atom is -0.344 e. The van der Waals surface area contributed by atoms with Gasteiger partial charge in [0.15, 0.2) is 0 Å². The highest BCUT2D eigenvalue weighted by molar-refractivity contribution is 5.86. The Kier molecular flexibility index (Phi) is 6.15. The molecule has 1 atom stereocenters. The number of fused-ring (bicyclic) bond motifs is 1. The van der Waals surface area contributed by atoms with Crippen molar-refractivity contribution in [3.63, 3.8) is 0 Å². The van der Waals surface area contributed by atoms with Gasteiger partial charge in [-0.2, -0.15) is 0 Å². The Morgan fingerprint density at radius 1 is 1.15 bits per heavy atom. The van der Waals surface area contributed by atoms with Crippen LogP contribution in [0.2, 0.25) is 0 Å². The quantitative estimate of drug-likeness (QED) is 0.438. The Balaban J connectivity index is 2.09. The highest BCUT2D eigenvalue weighted by atomic mass is 15.0. The molecule has 2 aromatic heterocycles. The third-order valence-corrected chi connectivity index (χ3v) is 5.45. The minimum atomic E-state index is 0.431. The molecule has 0 fully saturated rings. The largest absolute Gasteiger partial charge is 0.344 e. The fourth-order valence-electron chi connectivity index (χ4n) is 3.94. The lowest BCUT2D eigenvalue weighted by atomic mass is 10.0. The van der Waals surface area contributed by atoms with Gasteiger partial charge in [0.2, 0.25) is 0 Å². The van der Waals surface area contributed by atoms with Crippen LogP contribution in [0, 0.1) is 13.8 Å². The van der Waals surface area contributed by atoms with Gasteiger partial charge in [-0.05, 0) is 62.9 Å². The summed E-state index contributed by atoms with van der Waals surface area (Å²) in [6.07, 6.45) is 9.79. The first-order chi connectivity index (χ1) is 13.0. The molecular weight excluding hydrogens is 328 g/mol. The molecule has 0 aliphatic carbocycles. The molecule has 0 saturated heterocycles. The number of pyridine rings is 1. The summed E-state index contributed by atoms with van der Waals surface area (Å²) in [6, 6.07) is 11.3. The molecule has 1 aromatic carbocycles. The summed E-state index contributed by atoms with van der Waals surface area (Å²) in [6.45, 7) is 11.9. The summed E-state index contributed by atoms with van der Waals surface area (Å²) in [5.41, 5.74) is 8.10. The van der Waals surface area contributed by atoms with Crippen LogP contribution >= 0.6 is 0 Å². The minimum absolute atomic E-state index is 0.431. The highest BCUT2D eigenvalue weighted by Gasteiger charge is 2.18. The van der Waals surface area contributed by atoms with Crippen LogP contribution < -0.4 is 0 Å². The molecule has 0 aliphatic heterocycles. The molecule has 0 amide bonds. The topological polar surface area (TPSA) is 17.8 Å². The molecule has 142 valence electrons. The number of allylic oxidation sites excluding steroid dienone is 2. The maximum Gasteiger partial charge on any atom is 0.0485 e. The van der Waals surface area contributed by atoms with E-state index in [-0.39, 0.29) is 0 Å². The van der Waals surface area contributed by atoms with E-state index in [0.717, 1.165) is 25.1 Å². The van der Waals surface area contributed by atoms with Crippen molar-refractivity contribution in [3.05, 3.63) is 76.8 Å². The fraction of sp³-hybridized carbons (Fsp3) is 0.400. The van der Waals surface area contributed by atoms with E-state index < -0.39 is 0 Å². The fourth-order valence-corrected chi connectivity index (χ4v) is 3.94. The molecule has 0 radical (unpaired) electrons. The Hall–Kier alpha value is -2.35. The van der Waals surface area contributed by atoms with Gasteiger partial charge < -0.3 is 4.57 Å². The highest BCUT2D eigenvalue weighted by Crippen LogP contribution is 2.31. The lowest BCUT2D eigenvalue weighted by Crippen LogP contribution is -2.10. The molecule has 3 aromatic rings. The van der Waals surface area contributed by atoms with E-state index in [2.05, 4.69) is 79.7 Å². The van der Waals surface area contributed by atoms with Crippen molar-refractivity contribution in [3.8, 4) is 0 Å². The first kappa shape index (κ1) is 19.4. The molecule has 0 N–H and O–H groups in total. The van der Waals surface area contributed by atoms with Crippen LogP contribution in [0.15, 0.2) is 48.7 Å². The molecule has 0 saturated carbocycles. The van der Waals surface area contributed by atoms with Crippen molar-refractivity contribution < 1.29 is 0 Å². The van der Waals surface area contributed by atoms with Crippen molar-refractivity contribution in [1.82, 2.24) is 9.55 Å². The van der Waals surface area contributed by atoms with Gasteiger partial charge in [0.1, 0.15) is 0 Å². The van der Waals surface area contributed by atoms with E-state index in [0.29, 0.717) is 5.92 Å². The smallest absolute Gasteiger partial charge is 0.0485 e. The molecule has 0 aliphatic rings. The maximum absolute atomic E-state index is 4.50. The van der Waals surface area contributed by atoms with E-state index >= 15 is 0 Å². The van der Waals surface area contributed by atoms with Crippen LogP contribution in [0.4, 0.5) is 0 Å². The number of benzene rings is 1. The van der Waals surface area contributed by atoms with Crippen LogP contribution in [0.5, 0.6) is 0 Å². The zero-order chi connectivity index (χ0) is 19.4. The second kappa shape index (κ2) is 8.56. The van der Waals surface area contributed by atoms with Crippen LogP contribution in [-0.2, 0) is 19.4 Å². The maximum atomic E-state index is 4.50. The zero-order valence-electron chi connectivity index (χ0n) is 17.4. The number of nitrogens with zero attached hydrogens (tertiary/aromatic N) is 2. The molecule has 2 heteroatoms. The van der Waals surface area contributed by atoms with E-state index in [1.165, 1.54) is 39.7 Å². The van der Waals surface area contributed by atoms with Gasteiger partial charge in [-0.15, -0.1) is 0 Å². The summed E-state index contributed by atoms with van der Waals surface area (Å²) in [7, 11) is 0. The second-order valence-corrected chi connectivity index (χ2v) is 7.71. The van der Waals surface area contributed by atoms with Crippen LogP contribution in [0.1, 0.15) is 61.2 Å². The van der Waals surface area contributed by atoms with Crippen LogP contribution in [-0.4, -0.2) is 9.55 Å². The standard InChI is InChI=1S/C25H32N2/c1-6-8-10-22-23-15-18(3)11-14-25(23)27(24(22)9-7-2)17-19(4)21-13-12-20(5)26-16-21/h6,8,11-16,19H,7,9-10,17H2,1-5H3/b8-6-. The van der Waals surface area contributed by atoms with Gasteiger partial charge in [0.05, 0.1) is 0 Å². The predicted molar refractivity (Wildman–Crippen MR) is 117 cm³/mol. The van der Waals surface area contributed by atoms with Crippen molar-refractivity contribution >= 4 is 10.9 Å². The van der Waals surface area contributed by atoms with E-state index in [1.807, 2.05) is 13.1 Å². The first-order valence-electron chi connectivity index (χ1n) is 10.2. The number of hydrogen-bond acceptors (Lipinski definition) is 1. The Morgan fingerprint density at radius 3 is 2.63 bits per heavy atom. The Labute approximate surface area is 163 Å². The van der Waals surface area contributed by atoms with Crippen LogP contribution in [0.3, 0.4) is 0 Å². The lowest BCUT2D eigenvalue weighted by molar-refractivity contribution is 0.586. The molecule has 0 bridgehead atoms. The van der Waals surface area contributed by atoms with Crippen molar-refractivity contribution in [2.45, 2.75) is 66.3 Å². The Morgan fingerprint density at radius 2 is 1.96 bits per heavy atom. The van der Waals surface area contributed by atoms with Gasteiger partial charge >= 0.3 is 0 Å². The predicted octanol–water partition coefficient (Wildman–Crippen LogP) is 6.53. The van der Waals surface area contributed by atoms with Gasteiger partial charge in [0.25, 0.3) is 0 Å². The third-order valence-electron chi connectivity index (χ3n) is 5.45. The molecule has 1 unspecified atom stereocenters. The number of rotatable bonds is 7. The normalized spacial score (nSPS) is 12.9. The average Bonchev–Trinajstić information content (AvgIpc) is 2.93. The van der Waals surface area contributed by atoms with Crippen molar-refractivity contribution in [1.29, 1.82) is 0 Å². The van der Waals surface area contributed by atoms with Crippen molar-refractivity contribution in [2.75, 3.05) is 0 Å². The zero-order valence-corrected chi connectivity index (χ0v) is 17.4. The summed E-state index contributed by atoms with van der Waals surface area (Å²) in [5, 5.41) is 1.42.